The molecule has 2 unspecified atom stereocenters. The van der Waals surface area contributed by atoms with E-state index in [1.165, 1.54) is 17.2 Å². The van der Waals surface area contributed by atoms with Crippen molar-refractivity contribution in [2.75, 3.05) is 5.32 Å². The number of nitrogens with one attached hydrogen (secondary N) is 2. The first-order valence-electron chi connectivity index (χ1n) is 15.1. The fourth-order valence-electron chi connectivity index (χ4n) is 6.20. The van der Waals surface area contributed by atoms with Gasteiger partial charge in [-0.3, -0.25) is 14.4 Å². The van der Waals surface area contributed by atoms with Crippen LogP contribution in [0.25, 0.3) is 11.0 Å². The molecule has 2 aromatic carbocycles. The molecule has 0 spiro atoms. The second-order valence-electron chi connectivity index (χ2n) is 11.8. The number of aryl methyl sites for hydroxylation is 1. The summed E-state index contributed by atoms with van der Waals surface area (Å²) >= 11 is 0. The molecule has 1 fully saturated rings. The summed E-state index contributed by atoms with van der Waals surface area (Å²) in [7, 11) is 0. The fraction of sp³-hybridized carbons (Fsp3) is 0.394. The number of nitrogens with zero attached hydrogens (tertiary/aromatic N) is 3. The van der Waals surface area contributed by atoms with Gasteiger partial charge in [0.05, 0.1) is 30.1 Å². The average Bonchev–Trinajstić information content (AvgIpc) is 3.52. The fourth-order valence-corrected chi connectivity index (χ4v) is 6.20. The number of carboxylic acids is 2. The minimum absolute atomic E-state index is 0.0498. The van der Waals surface area contributed by atoms with Crippen LogP contribution in [0.1, 0.15) is 73.9 Å². The standard InChI is InChI=1S/C33H37N5O7/c1-20-24-14-13-23(15-27(24)45-32(44)25(20)16-29(39)40)35-31(43)26(17-30(41)42)38-19-28(36-37-38)33(2,22-11-7-4-8-12-22)34-18-21-9-5-3-6-10-21/h3,5-6,9-10,13-15,19,22,26,34H,4,7-8,11-12,16-18H2,1-2H3,(H,35,43)(H,39,40)(H,41,42). The maximum Gasteiger partial charge on any atom is 0.340 e. The SMILES string of the molecule is Cc1c(CC(=O)O)c(=O)oc2cc(NC(=O)C(CC(=O)O)n3cc(C(C)(NCc4ccccc4)C4CCCCC4)nn3)ccc12. The molecular weight excluding hydrogens is 578 g/mol. The highest BCUT2D eigenvalue weighted by Crippen LogP contribution is 2.39. The Kier molecular flexibility index (Phi) is 9.43. The molecule has 2 aromatic heterocycles. The Morgan fingerprint density at radius 1 is 1.07 bits per heavy atom. The smallest absolute Gasteiger partial charge is 0.340 e. The number of hydrogen-bond donors (Lipinski definition) is 4. The monoisotopic (exact) mass is 615 g/mol. The Hall–Kier alpha value is -4.84. The van der Waals surface area contributed by atoms with Crippen LogP contribution in [0.2, 0.25) is 0 Å². The average molecular weight is 616 g/mol. The number of aliphatic carboxylic acids is 2. The van der Waals surface area contributed by atoms with Crippen LogP contribution in [0, 0.1) is 12.8 Å². The van der Waals surface area contributed by atoms with Crippen LogP contribution in [0.4, 0.5) is 5.69 Å². The van der Waals surface area contributed by atoms with Crippen molar-refractivity contribution in [3.63, 3.8) is 0 Å². The molecule has 1 amide bonds. The maximum absolute atomic E-state index is 13.5. The number of hydrogen-bond acceptors (Lipinski definition) is 8. The van der Waals surface area contributed by atoms with E-state index in [2.05, 4.69) is 27.9 Å². The molecule has 0 aliphatic heterocycles. The highest BCUT2D eigenvalue weighted by molar-refractivity contribution is 5.97. The van der Waals surface area contributed by atoms with Crippen LogP contribution in [0.5, 0.6) is 0 Å². The molecule has 236 valence electrons. The van der Waals surface area contributed by atoms with Crippen LogP contribution >= 0.6 is 0 Å². The van der Waals surface area contributed by atoms with E-state index in [4.69, 9.17) is 9.52 Å². The van der Waals surface area contributed by atoms with Crippen LogP contribution in [0.3, 0.4) is 0 Å². The zero-order chi connectivity index (χ0) is 32.1. The molecule has 0 saturated heterocycles. The van der Waals surface area contributed by atoms with Crippen molar-refractivity contribution in [3.05, 3.63) is 87.5 Å². The molecule has 0 bridgehead atoms. The molecular formula is C33H37N5O7. The summed E-state index contributed by atoms with van der Waals surface area (Å²) < 4.78 is 6.66. The van der Waals surface area contributed by atoms with Gasteiger partial charge in [-0.05, 0) is 55.9 Å². The molecule has 45 heavy (non-hydrogen) atoms. The number of aromatic nitrogens is 3. The van der Waals surface area contributed by atoms with E-state index in [0.717, 1.165) is 31.2 Å². The van der Waals surface area contributed by atoms with Gasteiger partial charge in [0.2, 0.25) is 5.91 Å². The molecule has 2 heterocycles. The third-order valence-corrected chi connectivity index (χ3v) is 8.84. The van der Waals surface area contributed by atoms with E-state index in [-0.39, 0.29) is 22.8 Å². The number of rotatable bonds is 12. The second kappa shape index (κ2) is 13.4. The molecule has 5 rings (SSSR count). The van der Waals surface area contributed by atoms with Gasteiger partial charge in [-0.15, -0.1) is 5.10 Å². The van der Waals surface area contributed by atoms with Crippen molar-refractivity contribution in [1.82, 2.24) is 20.3 Å². The van der Waals surface area contributed by atoms with Gasteiger partial charge in [0.25, 0.3) is 0 Å². The van der Waals surface area contributed by atoms with E-state index >= 15 is 0 Å². The molecule has 1 aliphatic carbocycles. The summed E-state index contributed by atoms with van der Waals surface area (Å²) in [6, 6.07) is 13.5. The number of carbonyl (C=O) groups is 3. The maximum atomic E-state index is 13.5. The normalized spacial score (nSPS) is 15.8. The number of benzene rings is 2. The largest absolute Gasteiger partial charge is 0.481 e. The molecule has 4 aromatic rings. The first-order valence-corrected chi connectivity index (χ1v) is 15.1. The first-order chi connectivity index (χ1) is 21.5. The Labute approximate surface area is 259 Å². The highest BCUT2D eigenvalue weighted by Gasteiger charge is 2.39. The lowest BCUT2D eigenvalue weighted by Crippen LogP contribution is -2.46. The summed E-state index contributed by atoms with van der Waals surface area (Å²) in [5, 5.41) is 34.5. The van der Waals surface area contributed by atoms with E-state index in [1.54, 1.807) is 25.3 Å². The molecule has 1 aliphatic rings. The van der Waals surface area contributed by atoms with E-state index in [0.29, 0.717) is 23.2 Å². The Morgan fingerprint density at radius 3 is 2.49 bits per heavy atom. The summed E-state index contributed by atoms with van der Waals surface area (Å²) in [6.45, 7) is 4.34. The summed E-state index contributed by atoms with van der Waals surface area (Å²) in [5.41, 5.74) is 1.38. The van der Waals surface area contributed by atoms with Gasteiger partial charge in [0, 0.05) is 23.7 Å². The lowest BCUT2D eigenvalue weighted by molar-refractivity contribution is -0.140. The third kappa shape index (κ3) is 7.12. The van der Waals surface area contributed by atoms with Crippen LogP contribution in [-0.2, 0) is 32.9 Å². The third-order valence-electron chi connectivity index (χ3n) is 8.84. The van der Waals surface area contributed by atoms with E-state index in [9.17, 15) is 24.3 Å². The van der Waals surface area contributed by atoms with Gasteiger partial charge >= 0.3 is 17.6 Å². The molecule has 12 heteroatoms. The molecule has 12 nitrogen and oxygen atoms in total. The van der Waals surface area contributed by atoms with E-state index in [1.807, 2.05) is 30.3 Å². The van der Waals surface area contributed by atoms with Crippen molar-refractivity contribution in [3.8, 4) is 0 Å². The van der Waals surface area contributed by atoms with Gasteiger partial charge in [-0.2, -0.15) is 0 Å². The van der Waals surface area contributed by atoms with Crippen molar-refractivity contribution in [2.45, 2.75) is 76.9 Å². The number of carbonyl (C=O) groups excluding carboxylic acids is 1. The number of amides is 1. The van der Waals surface area contributed by atoms with Crippen molar-refractivity contribution in [2.24, 2.45) is 5.92 Å². The second-order valence-corrected chi connectivity index (χ2v) is 11.8. The quantitative estimate of drug-likeness (QED) is 0.165. The summed E-state index contributed by atoms with van der Waals surface area (Å²) in [6.07, 6.45) is 6.08. The Balaban J connectivity index is 1.41. The first kappa shape index (κ1) is 31.6. The Bertz CT molecular complexity index is 1760. The van der Waals surface area contributed by atoms with Gasteiger partial charge in [0.15, 0.2) is 0 Å². The van der Waals surface area contributed by atoms with E-state index < -0.39 is 47.9 Å². The van der Waals surface area contributed by atoms with Crippen molar-refractivity contribution >= 4 is 34.5 Å². The molecule has 4 N–H and O–H groups in total. The van der Waals surface area contributed by atoms with Gasteiger partial charge in [0.1, 0.15) is 17.3 Å². The topological polar surface area (TPSA) is 177 Å². The van der Waals surface area contributed by atoms with Gasteiger partial charge < -0.3 is 25.3 Å². The van der Waals surface area contributed by atoms with Crippen molar-refractivity contribution in [1.29, 1.82) is 0 Å². The van der Waals surface area contributed by atoms with Crippen LogP contribution < -0.4 is 16.3 Å². The van der Waals surface area contributed by atoms with Gasteiger partial charge in [-0.1, -0.05) is 54.8 Å². The lowest BCUT2D eigenvalue weighted by atomic mass is 9.74. The minimum Gasteiger partial charge on any atom is -0.481 e. The molecule has 1 saturated carbocycles. The minimum atomic E-state index is -1.21. The predicted molar refractivity (Wildman–Crippen MR) is 166 cm³/mol. The predicted octanol–water partition coefficient (Wildman–Crippen LogP) is 4.56. The van der Waals surface area contributed by atoms with Crippen LogP contribution in [-0.4, -0.2) is 43.1 Å². The zero-order valence-corrected chi connectivity index (χ0v) is 25.3. The zero-order valence-electron chi connectivity index (χ0n) is 25.3. The number of fused-ring (bicyclic) bond motifs is 1. The molecule has 0 radical (unpaired) electrons. The van der Waals surface area contributed by atoms with Crippen molar-refractivity contribution < 1.29 is 29.0 Å². The lowest BCUT2D eigenvalue weighted by Gasteiger charge is -2.39. The van der Waals surface area contributed by atoms with Crippen LogP contribution in [0.15, 0.2) is 63.9 Å². The Morgan fingerprint density at radius 2 is 1.80 bits per heavy atom. The van der Waals surface area contributed by atoms with Gasteiger partial charge in [-0.25, -0.2) is 9.48 Å². The summed E-state index contributed by atoms with van der Waals surface area (Å²) in [5.74, 6) is -2.69. The number of anilines is 1. The molecule has 2 atom stereocenters. The summed E-state index contributed by atoms with van der Waals surface area (Å²) in [4.78, 5) is 49.0. The number of carboxylic acid groups (broad SMARTS) is 2. The highest BCUT2D eigenvalue weighted by atomic mass is 16.4.